The molecule has 0 aliphatic carbocycles. The van der Waals surface area contributed by atoms with Crippen LogP contribution in [0, 0.1) is 6.92 Å². The summed E-state index contributed by atoms with van der Waals surface area (Å²) in [4.78, 5) is 45.7. The van der Waals surface area contributed by atoms with Gasteiger partial charge in [-0.25, -0.2) is 9.78 Å². The van der Waals surface area contributed by atoms with Gasteiger partial charge in [-0.1, -0.05) is 6.07 Å². The lowest BCUT2D eigenvalue weighted by atomic mass is 9.88. The molecule has 2 aromatic heterocycles. The van der Waals surface area contributed by atoms with Crippen LogP contribution in [0.2, 0.25) is 0 Å². The fourth-order valence-electron chi connectivity index (χ4n) is 5.24. The van der Waals surface area contributed by atoms with E-state index in [1.54, 1.807) is 42.3 Å². The first-order chi connectivity index (χ1) is 20.6. The Kier molecular flexibility index (Phi) is 8.10. The molecule has 222 valence electrons. The molecular formula is C32H31N3O7S. The number of aryl methyl sites for hydroxylation is 1. The summed E-state index contributed by atoms with van der Waals surface area (Å²) in [6.07, 6.45) is 0.698. The van der Waals surface area contributed by atoms with E-state index >= 15 is 0 Å². The van der Waals surface area contributed by atoms with Crippen LogP contribution in [-0.4, -0.2) is 50.1 Å². The zero-order valence-corrected chi connectivity index (χ0v) is 25.4. The maximum Gasteiger partial charge on any atom is 0.349 e. The highest BCUT2D eigenvalue weighted by Crippen LogP contribution is 2.49. The Bertz CT molecular complexity index is 1720. The van der Waals surface area contributed by atoms with E-state index in [4.69, 9.17) is 18.9 Å². The lowest BCUT2D eigenvalue weighted by molar-refractivity contribution is -0.131. The molecule has 1 aliphatic rings. The predicted octanol–water partition coefficient (Wildman–Crippen LogP) is 5.78. The fourth-order valence-corrected chi connectivity index (χ4v) is 6.16. The number of thiophene rings is 1. The second-order valence-corrected chi connectivity index (χ2v) is 11.7. The number of amides is 1. The molecular weight excluding hydrogens is 570 g/mol. The normalized spacial score (nSPS) is 14.3. The van der Waals surface area contributed by atoms with Gasteiger partial charge in [-0.05, 0) is 68.8 Å². The molecule has 1 aliphatic heterocycles. The van der Waals surface area contributed by atoms with E-state index in [2.05, 4.69) is 10.3 Å². The first-order valence-electron chi connectivity index (χ1n) is 13.4. The van der Waals surface area contributed by atoms with Crippen molar-refractivity contribution in [3.63, 3.8) is 0 Å². The lowest BCUT2D eigenvalue weighted by Gasteiger charge is -2.40. The van der Waals surface area contributed by atoms with Crippen molar-refractivity contribution in [2.24, 2.45) is 0 Å². The van der Waals surface area contributed by atoms with Crippen LogP contribution >= 0.6 is 11.3 Å². The number of ether oxygens (including phenoxy) is 4. The second-order valence-electron chi connectivity index (χ2n) is 10.4. The van der Waals surface area contributed by atoms with Crippen molar-refractivity contribution in [3.05, 3.63) is 81.7 Å². The number of aromatic nitrogens is 1. The number of hydrogen-bond acceptors (Lipinski definition) is 10. The molecule has 2 aromatic carbocycles. The van der Waals surface area contributed by atoms with E-state index in [0.717, 1.165) is 9.75 Å². The summed E-state index contributed by atoms with van der Waals surface area (Å²) in [5, 5.41) is 3.34. The second kappa shape index (κ2) is 11.8. The molecule has 0 fully saturated rings. The number of nitrogens with zero attached hydrogens (tertiary/aromatic N) is 2. The number of carbonyl (C=O) groups excluding carboxylic acids is 3. The molecule has 11 heteroatoms. The van der Waals surface area contributed by atoms with E-state index < -0.39 is 17.6 Å². The quantitative estimate of drug-likeness (QED) is 0.145. The van der Waals surface area contributed by atoms with Crippen molar-refractivity contribution in [1.82, 2.24) is 4.98 Å². The van der Waals surface area contributed by atoms with Gasteiger partial charge >= 0.3 is 5.97 Å². The maximum atomic E-state index is 13.4. The van der Waals surface area contributed by atoms with Gasteiger partial charge in [-0.3, -0.25) is 9.59 Å². The minimum absolute atomic E-state index is 0.148. The number of esters is 1. The van der Waals surface area contributed by atoms with Gasteiger partial charge in [0.25, 0.3) is 12.4 Å². The summed E-state index contributed by atoms with van der Waals surface area (Å²) in [6, 6.07) is 15.8. The maximum absolute atomic E-state index is 13.4. The minimum atomic E-state index is -0.846. The van der Waals surface area contributed by atoms with Gasteiger partial charge in [-0.2, -0.15) is 0 Å². The molecule has 3 heterocycles. The van der Waals surface area contributed by atoms with Gasteiger partial charge < -0.3 is 29.2 Å². The van der Waals surface area contributed by atoms with Crippen LogP contribution in [0.15, 0.2) is 60.8 Å². The molecule has 43 heavy (non-hydrogen) atoms. The SMILES string of the molecule is COc1cc(OC(=O)c2cccnc2OC)ccc1-c1ccc2c(c1C(OC=O)c1ccc(C)s1)N(C)C(=O)C(C)(C)N2. The third-order valence-corrected chi connectivity index (χ3v) is 8.21. The van der Waals surface area contributed by atoms with E-state index in [-0.39, 0.29) is 23.1 Å². The number of pyridine rings is 1. The number of carbonyl (C=O) groups is 3. The van der Waals surface area contributed by atoms with Gasteiger partial charge in [0, 0.05) is 35.3 Å². The third kappa shape index (κ3) is 5.51. The highest BCUT2D eigenvalue weighted by molar-refractivity contribution is 7.12. The summed E-state index contributed by atoms with van der Waals surface area (Å²) in [5.41, 5.74) is 2.54. The van der Waals surface area contributed by atoms with Crippen LogP contribution in [0.25, 0.3) is 11.1 Å². The third-order valence-electron chi connectivity index (χ3n) is 7.17. The summed E-state index contributed by atoms with van der Waals surface area (Å²) < 4.78 is 22.3. The molecule has 4 aromatic rings. The average Bonchev–Trinajstić information content (AvgIpc) is 3.43. The number of hydrogen-bond donors (Lipinski definition) is 1. The highest BCUT2D eigenvalue weighted by atomic mass is 32.1. The van der Waals surface area contributed by atoms with Crippen LogP contribution in [0.5, 0.6) is 17.4 Å². The van der Waals surface area contributed by atoms with Crippen molar-refractivity contribution < 1.29 is 33.3 Å². The van der Waals surface area contributed by atoms with Crippen LogP contribution < -0.4 is 24.4 Å². The minimum Gasteiger partial charge on any atom is -0.496 e. The Morgan fingerprint density at radius 3 is 2.51 bits per heavy atom. The fraction of sp³-hybridized carbons (Fsp3) is 0.250. The Morgan fingerprint density at radius 2 is 1.84 bits per heavy atom. The van der Waals surface area contributed by atoms with Gasteiger partial charge in [0.15, 0.2) is 6.10 Å². The van der Waals surface area contributed by atoms with Crippen LogP contribution in [0.3, 0.4) is 0 Å². The van der Waals surface area contributed by atoms with E-state index in [1.807, 2.05) is 45.0 Å². The molecule has 0 saturated carbocycles. The molecule has 0 radical (unpaired) electrons. The van der Waals surface area contributed by atoms with Gasteiger partial charge in [0.1, 0.15) is 22.6 Å². The highest BCUT2D eigenvalue weighted by Gasteiger charge is 2.40. The lowest BCUT2D eigenvalue weighted by Crippen LogP contribution is -2.52. The van der Waals surface area contributed by atoms with E-state index in [1.165, 1.54) is 31.8 Å². The Hall–Kier alpha value is -4.90. The molecule has 0 bridgehead atoms. The monoisotopic (exact) mass is 601 g/mol. The van der Waals surface area contributed by atoms with Gasteiger partial charge in [0.05, 0.1) is 30.5 Å². The number of anilines is 2. The van der Waals surface area contributed by atoms with E-state index in [0.29, 0.717) is 40.3 Å². The van der Waals surface area contributed by atoms with Crippen molar-refractivity contribution >= 4 is 41.1 Å². The Morgan fingerprint density at radius 1 is 1.07 bits per heavy atom. The summed E-state index contributed by atoms with van der Waals surface area (Å²) in [5.74, 6) is -0.00672. The number of nitrogens with one attached hydrogen (secondary N) is 1. The zero-order chi connectivity index (χ0) is 30.9. The van der Waals surface area contributed by atoms with Gasteiger partial charge in [-0.15, -0.1) is 11.3 Å². The molecule has 1 atom stereocenters. The van der Waals surface area contributed by atoms with Crippen molar-refractivity contribution in [2.75, 3.05) is 31.5 Å². The predicted molar refractivity (Wildman–Crippen MR) is 163 cm³/mol. The van der Waals surface area contributed by atoms with Gasteiger partial charge in [0.2, 0.25) is 5.88 Å². The number of rotatable bonds is 9. The molecule has 0 spiro atoms. The summed E-state index contributed by atoms with van der Waals surface area (Å²) >= 11 is 1.50. The largest absolute Gasteiger partial charge is 0.496 e. The zero-order valence-electron chi connectivity index (χ0n) is 24.6. The van der Waals surface area contributed by atoms with E-state index in [9.17, 15) is 14.4 Å². The average molecular weight is 602 g/mol. The van der Waals surface area contributed by atoms with Crippen molar-refractivity contribution in [3.8, 4) is 28.5 Å². The molecule has 0 saturated heterocycles. The number of benzene rings is 2. The summed E-state index contributed by atoms with van der Waals surface area (Å²) in [6.45, 7) is 6.01. The Balaban J connectivity index is 1.66. The first-order valence-corrected chi connectivity index (χ1v) is 14.2. The van der Waals surface area contributed by atoms with Crippen molar-refractivity contribution in [1.29, 1.82) is 0 Å². The molecule has 1 unspecified atom stereocenters. The number of methoxy groups -OCH3 is 2. The smallest absolute Gasteiger partial charge is 0.349 e. The van der Waals surface area contributed by atoms with Crippen LogP contribution in [-0.2, 0) is 14.3 Å². The standard InChI is InChI=1S/C32H31N3O7S/c1-18-9-14-25(43-18)28(41-17-36)26-21(12-13-23-27(26)35(4)31(38)32(2,3)34-23)20-11-10-19(16-24(20)39-5)42-30(37)22-8-7-15-33-29(22)40-6/h7-17,28,34H,1-6H3. The molecule has 10 nitrogen and oxygen atoms in total. The number of likely N-dealkylation sites (N-methyl/N-ethyl adjacent to an activating group) is 1. The number of fused-ring (bicyclic) bond motifs is 1. The Labute approximate surface area is 253 Å². The molecule has 1 N–H and O–H groups in total. The topological polar surface area (TPSA) is 116 Å². The van der Waals surface area contributed by atoms with Crippen LogP contribution in [0.1, 0.15) is 45.6 Å². The first kappa shape index (κ1) is 29.6. The molecule has 1 amide bonds. The van der Waals surface area contributed by atoms with Crippen LogP contribution in [0.4, 0.5) is 11.4 Å². The van der Waals surface area contributed by atoms with Crippen molar-refractivity contribution in [2.45, 2.75) is 32.4 Å². The molecule has 5 rings (SSSR count). The summed E-state index contributed by atoms with van der Waals surface area (Å²) in [7, 11) is 4.64.